The summed E-state index contributed by atoms with van der Waals surface area (Å²) in [7, 11) is 0. The molecule has 6 nitrogen and oxygen atoms in total. The molecule has 1 aliphatic heterocycles. The highest BCUT2D eigenvalue weighted by molar-refractivity contribution is 7.99. The van der Waals surface area contributed by atoms with E-state index < -0.39 is 5.82 Å². The van der Waals surface area contributed by atoms with Gasteiger partial charge in [0.15, 0.2) is 5.16 Å². The average molecular weight is 509 g/mol. The van der Waals surface area contributed by atoms with E-state index in [1.54, 1.807) is 28.0 Å². The lowest BCUT2D eigenvalue weighted by Crippen LogP contribution is -2.35. The standard InChI is InChI=1S/C26H25FN4O2S2/c1-16(2)30-13-12-18-21(14-30)35-24-23(18)25(33)31(17-8-4-3-5-9-17)26(29-24)34-15-22(32)28-20-11-7-6-10-19(20)27/h3-11,16H,12-15H2,1-2H3,(H,28,32). The molecule has 0 bridgehead atoms. The number of amides is 1. The normalized spacial score (nSPS) is 13.8. The quantitative estimate of drug-likeness (QED) is 0.291. The van der Waals surface area contributed by atoms with Crippen molar-refractivity contribution in [1.82, 2.24) is 14.5 Å². The number of thioether (sulfide) groups is 1. The Bertz CT molecular complexity index is 1450. The molecule has 1 amide bonds. The first-order chi connectivity index (χ1) is 16.9. The molecular weight excluding hydrogens is 483 g/mol. The summed E-state index contributed by atoms with van der Waals surface area (Å²) in [6, 6.07) is 15.8. The van der Waals surface area contributed by atoms with Gasteiger partial charge in [-0.1, -0.05) is 42.1 Å². The van der Waals surface area contributed by atoms with Crippen LogP contribution in [0.25, 0.3) is 15.9 Å². The largest absolute Gasteiger partial charge is 0.323 e. The van der Waals surface area contributed by atoms with Crippen molar-refractivity contribution in [3.05, 3.63) is 81.2 Å². The van der Waals surface area contributed by atoms with E-state index in [0.717, 1.165) is 25.1 Å². The predicted molar refractivity (Wildman–Crippen MR) is 140 cm³/mol. The molecule has 0 aliphatic carbocycles. The van der Waals surface area contributed by atoms with Crippen molar-refractivity contribution in [2.75, 3.05) is 17.6 Å². The van der Waals surface area contributed by atoms with Crippen molar-refractivity contribution in [2.45, 2.75) is 38.0 Å². The van der Waals surface area contributed by atoms with E-state index in [1.807, 2.05) is 30.3 Å². The summed E-state index contributed by atoms with van der Waals surface area (Å²) < 4.78 is 15.5. The zero-order valence-electron chi connectivity index (χ0n) is 19.5. The lowest BCUT2D eigenvalue weighted by atomic mass is 10.0. The van der Waals surface area contributed by atoms with E-state index in [2.05, 4.69) is 24.1 Å². The number of anilines is 1. The number of nitrogens with zero attached hydrogens (tertiary/aromatic N) is 3. The van der Waals surface area contributed by atoms with Crippen molar-refractivity contribution in [3.63, 3.8) is 0 Å². The van der Waals surface area contributed by atoms with Gasteiger partial charge in [0, 0.05) is 24.0 Å². The lowest BCUT2D eigenvalue weighted by molar-refractivity contribution is -0.113. The Labute approximate surface area is 210 Å². The van der Waals surface area contributed by atoms with E-state index in [9.17, 15) is 14.0 Å². The van der Waals surface area contributed by atoms with Crippen LogP contribution in [0.2, 0.25) is 0 Å². The summed E-state index contributed by atoms with van der Waals surface area (Å²) in [4.78, 5) is 35.5. The maximum absolute atomic E-state index is 13.9. The van der Waals surface area contributed by atoms with E-state index in [4.69, 9.17) is 4.98 Å². The van der Waals surface area contributed by atoms with Gasteiger partial charge in [0.05, 0.1) is 22.5 Å². The highest BCUT2D eigenvalue weighted by Gasteiger charge is 2.26. The lowest BCUT2D eigenvalue weighted by Gasteiger charge is -2.30. The second kappa shape index (κ2) is 9.93. The average Bonchev–Trinajstić information content (AvgIpc) is 3.22. The molecule has 180 valence electrons. The summed E-state index contributed by atoms with van der Waals surface area (Å²) in [6.45, 7) is 6.08. The third-order valence-electron chi connectivity index (χ3n) is 6.10. The maximum atomic E-state index is 13.9. The van der Waals surface area contributed by atoms with Crippen LogP contribution >= 0.6 is 23.1 Å². The molecule has 1 N–H and O–H groups in total. The number of hydrogen-bond acceptors (Lipinski definition) is 6. The minimum absolute atomic E-state index is 0.00860. The Morgan fingerprint density at radius 1 is 1.17 bits per heavy atom. The molecule has 3 heterocycles. The third-order valence-corrected chi connectivity index (χ3v) is 8.15. The molecular formula is C26H25FN4O2S2. The minimum atomic E-state index is -0.494. The first kappa shape index (κ1) is 23.7. The number of hydrogen-bond donors (Lipinski definition) is 1. The van der Waals surface area contributed by atoms with Crippen LogP contribution in [0, 0.1) is 5.82 Å². The molecule has 0 saturated heterocycles. The fraction of sp³-hybridized carbons (Fsp3) is 0.269. The number of rotatable bonds is 6. The van der Waals surface area contributed by atoms with Crippen molar-refractivity contribution in [3.8, 4) is 5.69 Å². The number of halogens is 1. The molecule has 0 unspecified atom stereocenters. The van der Waals surface area contributed by atoms with E-state index >= 15 is 0 Å². The van der Waals surface area contributed by atoms with E-state index in [-0.39, 0.29) is 22.9 Å². The predicted octanol–water partition coefficient (Wildman–Crippen LogP) is 5.08. The van der Waals surface area contributed by atoms with E-state index in [1.165, 1.54) is 28.8 Å². The first-order valence-corrected chi connectivity index (χ1v) is 13.3. The van der Waals surface area contributed by atoms with Gasteiger partial charge in [-0.3, -0.25) is 19.1 Å². The van der Waals surface area contributed by atoms with Crippen LogP contribution in [0.4, 0.5) is 10.1 Å². The SMILES string of the molecule is CC(C)N1CCc2c(sc3nc(SCC(=O)Nc4ccccc4F)n(-c4ccccc4)c(=O)c23)C1. The number of thiophene rings is 1. The summed E-state index contributed by atoms with van der Waals surface area (Å²) in [5.74, 6) is -0.871. The van der Waals surface area contributed by atoms with Gasteiger partial charge in [-0.05, 0) is 50.1 Å². The van der Waals surface area contributed by atoms with Gasteiger partial charge >= 0.3 is 0 Å². The zero-order valence-corrected chi connectivity index (χ0v) is 21.1. The molecule has 0 fully saturated rings. The molecule has 2 aromatic heterocycles. The van der Waals surface area contributed by atoms with Gasteiger partial charge in [0.1, 0.15) is 10.6 Å². The number of benzene rings is 2. The fourth-order valence-electron chi connectivity index (χ4n) is 4.27. The smallest absolute Gasteiger partial charge is 0.267 e. The first-order valence-electron chi connectivity index (χ1n) is 11.5. The zero-order chi connectivity index (χ0) is 24.5. The van der Waals surface area contributed by atoms with Crippen LogP contribution in [0.15, 0.2) is 64.5 Å². The molecule has 9 heteroatoms. The Hall–Kier alpha value is -3.01. The Kier molecular flexibility index (Phi) is 6.73. The second-order valence-corrected chi connectivity index (χ2v) is 10.7. The molecule has 35 heavy (non-hydrogen) atoms. The van der Waals surface area contributed by atoms with Crippen LogP contribution in [0.3, 0.4) is 0 Å². The molecule has 5 rings (SSSR count). The Morgan fingerprint density at radius 2 is 1.91 bits per heavy atom. The topological polar surface area (TPSA) is 67.2 Å². The van der Waals surface area contributed by atoms with Crippen LogP contribution in [0.5, 0.6) is 0 Å². The molecule has 0 atom stereocenters. The molecule has 1 aliphatic rings. The number of aromatic nitrogens is 2. The molecule has 2 aromatic carbocycles. The highest BCUT2D eigenvalue weighted by atomic mass is 32.2. The monoisotopic (exact) mass is 508 g/mol. The second-order valence-electron chi connectivity index (χ2n) is 8.69. The van der Waals surface area contributed by atoms with Gasteiger partial charge < -0.3 is 5.32 Å². The fourth-order valence-corrected chi connectivity index (χ4v) is 6.36. The summed E-state index contributed by atoms with van der Waals surface area (Å²) in [5, 5.41) is 3.71. The van der Waals surface area contributed by atoms with Gasteiger partial charge in [-0.25, -0.2) is 9.37 Å². The molecule has 4 aromatic rings. The molecule has 0 radical (unpaired) electrons. The van der Waals surface area contributed by atoms with Gasteiger partial charge in [0.2, 0.25) is 5.91 Å². The maximum Gasteiger partial charge on any atom is 0.267 e. The number of carbonyl (C=O) groups is 1. The van der Waals surface area contributed by atoms with Crippen molar-refractivity contribution >= 4 is 44.9 Å². The summed E-state index contributed by atoms with van der Waals surface area (Å²) >= 11 is 2.73. The third kappa shape index (κ3) is 4.76. The van der Waals surface area contributed by atoms with Crippen molar-refractivity contribution in [2.24, 2.45) is 0 Å². The van der Waals surface area contributed by atoms with E-state index in [0.29, 0.717) is 27.1 Å². The van der Waals surface area contributed by atoms with Gasteiger partial charge in [-0.15, -0.1) is 11.3 Å². The van der Waals surface area contributed by atoms with Crippen molar-refractivity contribution in [1.29, 1.82) is 0 Å². The van der Waals surface area contributed by atoms with Crippen LogP contribution in [-0.4, -0.2) is 38.7 Å². The molecule has 0 saturated carbocycles. The number of nitrogens with one attached hydrogen (secondary N) is 1. The Morgan fingerprint density at radius 3 is 2.66 bits per heavy atom. The summed E-state index contributed by atoms with van der Waals surface area (Å²) in [6.07, 6.45) is 0.816. The molecule has 0 spiro atoms. The van der Waals surface area contributed by atoms with Gasteiger partial charge in [0.25, 0.3) is 5.56 Å². The number of para-hydroxylation sites is 2. The highest BCUT2D eigenvalue weighted by Crippen LogP contribution is 2.34. The van der Waals surface area contributed by atoms with Crippen LogP contribution < -0.4 is 10.9 Å². The minimum Gasteiger partial charge on any atom is -0.323 e. The number of carbonyl (C=O) groups excluding carboxylic acids is 1. The Balaban J connectivity index is 1.52. The summed E-state index contributed by atoms with van der Waals surface area (Å²) in [5.41, 5.74) is 1.80. The van der Waals surface area contributed by atoms with Crippen LogP contribution in [-0.2, 0) is 17.8 Å². The van der Waals surface area contributed by atoms with Crippen LogP contribution in [0.1, 0.15) is 24.3 Å². The number of fused-ring (bicyclic) bond motifs is 3. The van der Waals surface area contributed by atoms with Crippen molar-refractivity contribution < 1.29 is 9.18 Å². The van der Waals surface area contributed by atoms with Gasteiger partial charge in [-0.2, -0.15) is 0 Å².